The Morgan fingerprint density at radius 3 is 2.87 bits per heavy atom. The summed E-state index contributed by atoms with van der Waals surface area (Å²) in [6.07, 6.45) is 5.69. The average Bonchev–Trinajstić information content (AvgIpc) is 3.03. The third-order valence-corrected chi connectivity index (χ3v) is 3.84. The van der Waals surface area contributed by atoms with E-state index in [1.165, 1.54) is 0 Å². The normalized spacial score (nSPS) is 17.1. The fourth-order valence-electron chi connectivity index (χ4n) is 2.62. The van der Waals surface area contributed by atoms with Gasteiger partial charge in [0.15, 0.2) is 5.82 Å². The minimum absolute atomic E-state index is 0.0653. The predicted octanol–water partition coefficient (Wildman–Crippen LogP) is 1.20. The lowest BCUT2D eigenvalue weighted by molar-refractivity contribution is 0.0940. The van der Waals surface area contributed by atoms with Gasteiger partial charge in [-0.2, -0.15) is 0 Å². The van der Waals surface area contributed by atoms with Crippen LogP contribution in [0.2, 0.25) is 0 Å². The summed E-state index contributed by atoms with van der Waals surface area (Å²) < 4.78 is 5.24. The molecule has 1 fully saturated rings. The van der Waals surface area contributed by atoms with Crippen LogP contribution < -0.4 is 15.0 Å². The number of carbonyl (C=O) groups is 1. The highest BCUT2D eigenvalue weighted by Crippen LogP contribution is 2.25. The number of amides is 1. The van der Waals surface area contributed by atoms with Gasteiger partial charge in [-0.15, -0.1) is 0 Å². The second-order valence-corrected chi connectivity index (χ2v) is 5.48. The van der Waals surface area contributed by atoms with Crippen molar-refractivity contribution < 1.29 is 9.53 Å². The summed E-state index contributed by atoms with van der Waals surface area (Å²) in [4.78, 5) is 27.0. The van der Waals surface area contributed by atoms with Crippen molar-refractivity contribution >= 4 is 11.7 Å². The van der Waals surface area contributed by atoms with Gasteiger partial charge in [0.2, 0.25) is 0 Å². The lowest BCUT2D eigenvalue weighted by Crippen LogP contribution is -2.37. The van der Waals surface area contributed by atoms with Gasteiger partial charge in [0, 0.05) is 43.4 Å². The van der Waals surface area contributed by atoms with Crippen LogP contribution in [0.5, 0.6) is 5.88 Å². The minimum atomic E-state index is -0.101. The molecule has 0 spiro atoms. The Hall–Kier alpha value is -2.70. The van der Waals surface area contributed by atoms with Gasteiger partial charge in [-0.25, -0.2) is 9.97 Å². The maximum atomic E-state index is 12.3. The van der Waals surface area contributed by atoms with Crippen LogP contribution in [0.25, 0.3) is 0 Å². The summed E-state index contributed by atoms with van der Waals surface area (Å²) in [5, 5.41) is 3.04. The third kappa shape index (κ3) is 3.39. The molecule has 0 saturated carbocycles. The summed E-state index contributed by atoms with van der Waals surface area (Å²) >= 11 is 0. The zero-order valence-corrected chi connectivity index (χ0v) is 13.2. The van der Waals surface area contributed by atoms with Gasteiger partial charge in [-0.1, -0.05) is 0 Å². The molecule has 1 saturated heterocycles. The molecule has 1 N–H and O–H groups in total. The van der Waals surface area contributed by atoms with E-state index < -0.39 is 0 Å². The summed E-state index contributed by atoms with van der Waals surface area (Å²) in [5.74, 6) is 1.11. The molecule has 7 heteroatoms. The number of anilines is 1. The zero-order valence-electron chi connectivity index (χ0n) is 13.2. The van der Waals surface area contributed by atoms with E-state index in [1.54, 1.807) is 31.8 Å². The standard InChI is InChI=1S/C16H19N5O2/c1-11-3-4-12(9-19-11)15(22)20-13-5-8-21(10-13)14-16(23-2)18-7-6-17-14/h3-4,6-7,9,13H,5,8,10H2,1-2H3,(H,20,22). The molecule has 1 amide bonds. The predicted molar refractivity (Wildman–Crippen MR) is 85.6 cm³/mol. The van der Waals surface area contributed by atoms with Crippen LogP contribution in [0.4, 0.5) is 5.82 Å². The van der Waals surface area contributed by atoms with Crippen molar-refractivity contribution in [1.29, 1.82) is 0 Å². The van der Waals surface area contributed by atoms with Crippen molar-refractivity contribution in [1.82, 2.24) is 20.3 Å². The van der Waals surface area contributed by atoms with E-state index in [9.17, 15) is 4.79 Å². The first kappa shape index (κ1) is 15.2. The molecule has 1 aliphatic rings. The first-order chi connectivity index (χ1) is 11.2. The molecule has 0 radical (unpaired) electrons. The van der Waals surface area contributed by atoms with E-state index in [1.807, 2.05) is 13.0 Å². The monoisotopic (exact) mass is 313 g/mol. The van der Waals surface area contributed by atoms with E-state index in [-0.39, 0.29) is 11.9 Å². The quantitative estimate of drug-likeness (QED) is 0.913. The number of pyridine rings is 1. The Labute approximate surface area is 134 Å². The molecular formula is C16H19N5O2. The van der Waals surface area contributed by atoms with Crippen LogP contribution in [0.15, 0.2) is 30.7 Å². The summed E-state index contributed by atoms with van der Waals surface area (Å²) in [7, 11) is 1.58. The zero-order chi connectivity index (χ0) is 16.2. The fraction of sp³-hybridized carbons (Fsp3) is 0.375. The van der Waals surface area contributed by atoms with E-state index >= 15 is 0 Å². The molecule has 2 aromatic heterocycles. The number of aromatic nitrogens is 3. The van der Waals surface area contributed by atoms with Crippen LogP contribution in [-0.2, 0) is 0 Å². The van der Waals surface area contributed by atoms with Crippen LogP contribution in [0.1, 0.15) is 22.5 Å². The Balaban J connectivity index is 1.63. The topological polar surface area (TPSA) is 80.2 Å². The number of rotatable bonds is 4. The van der Waals surface area contributed by atoms with E-state index in [4.69, 9.17) is 4.74 Å². The Morgan fingerprint density at radius 1 is 1.30 bits per heavy atom. The molecule has 1 aliphatic heterocycles. The maximum absolute atomic E-state index is 12.3. The maximum Gasteiger partial charge on any atom is 0.257 e. The first-order valence-electron chi connectivity index (χ1n) is 7.51. The summed E-state index contributed by atoms with van der Waals surface area (Å²) in [6, 6.07) is 3.69. The largest absolute Gasteiger partial charge is 0.478 e. The number of aryl methyl sites for hydroxylation is 1. The molecule has 1 unspecified atom stereocenters. The molecule has 0 aliphatic carbocycles. The summed E-state index contributed by atoms with van der Waals surface area (Å²) in [5.41, 5.74) is 1.47. The minimum Gasteiger partial charge on any atom is -0.478 e. The highest BCUT2D eigenvalue weighted by Gasteiger charge is 2.27. The van der Waals surface area contributed by atoms with Gasteiger partial charge in [0.25, 0.3) is 11.8 Å². The molecular weight excluding hydrogens is 294 g/mol. The van der Waals surface area contributed by atoms with Gasteiger partial charge >= 0.3 is 0 Å². The van der Waals surface area contributed by atoms with Crippen molar-refractivity contribution in [2.24, 2.45) is 0 Å². The van der Waals surface area contributed by atoms with E-state index in [0.29, 0.717) is 23.8 Å². The molecule has 23 heavy (non-hydrogen) atoms. The summed E-state index contributed by atoms with van der Waals surface area (Å²) in [6.45, 7) is 3.37. The molecule has 3 rings (SSSR count). The second kappa shape index (κ2) is 6.60. The Bertz CT molecular complexity index is 689. The number of nitrogens with zero attached hydrogens (tertiary/aromatic N) is 4. The molecule has 1 atom stereocenters. The van der Waals surface area contributed by atoms with Crippen LogP contribution in [0.3, 0.4) is 0 Å². The lowest BCUT2D eigenvalue weighted by Gasteiger charge is -2.19. The highest BCUT2D eigenvalue weighted by molar-refractivity contribution is 5.94. The number of carbonyl (C=O) groups excluding carboxylic acids is 1. The van der Waals surface area contributed by atoms with Crippen LogP contribution >= 0.6 is 0 Å². The van der Waals surface area contributed by atoms with Gasteiger partial charge < -0.3 is 15.0 Å². The van der Waals surface area contributed by atoms with E-state index in [0.717, 1.165) is 18.7 Å². The van der Waals surface area contributed by atoms with Crippen molar-refractivity contribution in [2.75, 3.05) is 25.1 Å². The second-order valence-electron chi connectivity index (χ2n) is 5.48. The van der Waals surface area contributed by atoms with Gasteiger partial charge in [-0.05, 0) is 25.5 Å². The number of nitrogens with one attached hydrogen (secondary N) is 1. The average molecular weight is 313 g/mol. The van der Waals surface area contributed by atoms with Crippen molar-refractivity contribution in [3.8, 4) is 5.88 Å². The number of hydrogen-bond donors (Lipinski definition) is 1. The van der Waals surface area contributed by atoms with Crippen molar-refractivity contribution in [3.63, 3.8) is 0 Å². The Morgan fingerprint density at radius 2 is 2.13 bits per heavy atom. The fourth-order valence-corrected chi connectivity index (χ4v) is 2.62. The Kier molecular flexibility index (Phi) is 4.36. The third-order valence-electron chi connectivity index (χ3n) is 3.84. The smallest absolute Gasteiger partial charge is 0.257 e. The lowest BCUT2D eigenvalue weighted by atomic mass is 10.2. The highest BCUT2D eigenvalue weighted by atomic mass is 16.5. The first-order valence-corrected chi connectivity index (χ1v) is 7.51. The van der Waals surface area contributed by atoms with Crippen molar-refractivity contribution in [3.05, 3.63) is 42.0 Å². The number of methoxy groups -OCH3 is 1. The molecule has 120 valence electrons. The molecule has 3 heterocycles. The van der Waals surface area contributed by atoms with Crippen LogP contribution in [0, 0.1) is 6.92 Å². The molecule has 7 nitrogen and oxygen atoms in total. The van der Waals surface area contributed by atoms with Gasteiger partial charge in [-0.3, -0.25) is 9.78 Å². The SMILES string of the molecule is COc1nccnc1N1CCC(NC(=O)c2ccc(C)nc2)C1. The number of ether oxygens (including phenoxy) is 1. The van der Waals surface area contributed by atoms with Crippen LogP contribution in [-0.4, -0.2) is 47.1 Å². The number of hydrogen-bond acceptors (Lipinski definition) is 6. The molecule has 0 bridgehead atoms. The van der Waals surface area contributed by atoms with Crippen molar-refractivity contribution in [2.45, 2.75) is 19.4 Å². The van der Waals surface area contributed by atoms with E-state index in [2.05, 4.69) is 25.2 Å². The van der Waals surface area contributed by atoms with Gasteiger partial charge in [0.1, 0.15) is 0 Å². The molecule has 2 aromatic rings. The van der Waals surface area contributed by atoms with Gasteiger partial charge in [0.05, 0.1) is 12.7 Å². The molecule has 0 aromatic carbocycles.